The van der Waals surface area contributed by atoms with Crippen LogP contribution in [0.25, 0.3) is 0 Å². The van der Waals surface area contributed by atoms with Crippen LogP contribution in [0.5, 0.6) is 0 Å². The van der Waals surface area contributed by atoms with Crippen LogP contribution in [0.15, 0.2) is 18.2 Å². The van der Waals surface area contributed by atoms with Crippen LogP contribution in [0, 0.1) is 5.92 Å². The summed E-state index contributed by atoms with van der Waals surface area (Å²) in [4.78, 5) is 2.23. The van der Waals surface area contributed by atoms with Gasteiger partial charge < -0.3 is 15.3 Å². The number of aliphatic hydroxyl groups excluding tert-OH is 1. The maximum absolute atomic E-state index is 9.87. The molecule has 0 saturated carbocycles. The minimum Gasteiger partial charge on any atom is -0.391 e. The molecule has 0 amide bonds. The number of piperidine rings is 1. The van der Waals surface area contributed by atoms with E-state index in [2.05, 4.69) is 30.1 Å². The number of nitrogens with zero attached hydrogens (tertiary/aromatic N) is 1. The van der Waals surface area contributed by atoms with Crippen LogP contribution in [-0.2, 0) is 6.54 Å². The summed E-state index contributed by atoms with van der Waals surface area (Å²) in [6.45, 7) is 7.87. The SMILES string of the molecule is CC(C)CNCc1cccc(Cl)c1N1CCCC(O)C1. The summed E-state index contributed by atoms with van der Waals surface area (Å²) in [7, 11) is 0. The first-order chi connectivity index (χ1) is 9.58. The van der Waals surface area contributed by atoms with Crippen LogP contribution in [0.3, 0.4) is 0 Å². The van der Waals surface area contributed by atoms with Crippen LogP contribution in [0.2, 0.25) is 5.02 Å². The molecule has 0 bridgehead atoms. The molecule has 112 valence electrons. The number of β-amino-alcohol motifs (C(OH)–C–C–N with tert-alkyl or cyclic N) is 1. The summed E-state index contributed by atoms with van der Waals surface area (Å²) in [6.07, 6.45) is 1.67. The average Bonchev–Trinajstić information content (AvgIpc) is 2.38. The fourth-order valence-electron chi connectivity index (χ4n) is 2.71. The van der Waals surface area contributed by atoms with Crippen molar-refractivity contribution in [3.05, 3.63) is 28.8 Å². The first kappa shape index (κ1) is 15.6. The predicted molar refractivity (Wildman–Crippen MR) is 85.5 cm³/mol. The molecule has 0 aliphatic carbocycles. The van der Waals surface area contributed by atoms with Crippen LogP contribution in [0.4, 0.5) is 5.69 Å². The molecular formula is C16H25ClN2O. The first-order valence-electron chi connectivity index (χ1n) is 7.49. The van der Waals surface area contributed by atoms with Crippen molar-refractivity contribution in [3.8, 4) is 0 Å². The first-order valence-corrected chi connectivity index (χ1v) is 7.87. The standard InChI is InChI=1S/C16H25ClN2O/c1-12(2)9-18-10-13-5-3-7-15(17)16(13)19-8-4-6-14(20)11-19/h3,5,7,12,14,18,20H,4,6,8-11H2,1-2H3. The van der Waals surface area contributed by atoms with E-state index in [-0.39, 0.29) is 6.10 Å². The Balaban J connectivity index is 2.13. The number of rotatable bonds is 5. The lowest BCUT2D eigenvalue weighted by atomic mass is 10.0. The Morgan fingerprint density at radius 1 is 1.45 bits per heavy atom. The number of benzene rings is 1. The number of hydrogen-bond acceptors (Lipinski definition) is 3. The number of anilines is 1. The summed E-state index contributed by atoms with van der Waals surface area (Å²) in [6, 6.07) is 6.05. The molecule has 1 fully saturated rings. The Labute approximate surface area is 126 Å². The topological polar surface area (TPSA) is 35.5 Å². The van der Waals surface area contributed by atoms with Crippen LogP contribution in [-0.4, -0.2) is 30.8 Å². The van der Waals surface area contributed by atoms with Gasteiger partial charge in [0.05, 0.1) is 16.8 Å². The Hall–Kier alpha value is -0.770. The van der Waals surface area contributed by atoms with Crippen molar-refractivity contribution in [2.45, 2.75) is 39.3 Å². The highest BCUT2D eigenvalue weighted by atomic mass is 35.5. The van der Waals surface area contributed by atoms with Gasteiger partial charge in [-0.15, -0.1) is 0 Å². The molecule has 1 aromatic rings. The van der Waals surface area contributed by atoms with Gasteiger partial charge in [0.2, 0.25) is 0 Å². The van der Waals surface area contributed by atoms with Crippen molar-refractivity contribution in [1.29, 1.82) is 0 Å². The van der Waals surface area contributed by atoms with E-state index in [0.29, 0.717) is 12.5 Å². The van der Waals surface area contributed by atoms with Gasteiger partial charge in [-0.25, -0.2) is 0 Å². The van der Waals surface area contributed by atoms with E-state index in [9.17, 15) is 5.11 Å². The lowest BCUT2D eigenvalue weighted by Gasteiger charge is -2.34. The number of hydrogen-bond donors (Lipinski definition) is 2. The number of nitrogens with one attached hydrogen (secondary N) is 1. The Morgan fingerprint density at radius 2 is 2.25 bits per heavy atom. The summed E-state index contributed by atoms with van der Waals surface area (Å²) >= 11 is 6.40. The van der Waals surface area contributed by atoms with E-state index in [1.165, 1.54) is 5.56 Å². The lowest BCUT2D eigenvalue weighted by Crippen LogP contribution is -2.39. The molecule has 1 unspecified atom stereocenters. The molecule has 4 heteroatoms. The van der Waals surface area contributed by atoms with Gasteiger partial charge in [0.1, 0.15) is 0 Å². The van der Waals surface area contributed by atoms with Gasteiger partial charge in [0.15, 0.2) is 0 Å². The van der Waals surface area contributed by atoms with Crippen molar-refractivity contribution in [1.82, 2.24) is 5.32 Å². The van der Waals surface area contributed by atoms with Crippen LogP contribution < -0.4 is 10.2 Å². The van der Waals surface area contributed by atoms with Gasteiger partial charge in [-0.2, -0.15) is 0 Å². The normalized spacial score (nSPS) is 19.6. The summed E-state index contributed by atoms with van der Waals surface area (Å²) in [5, 5.41) is 14.1. The van der Waals surface area contributed by atoms with Gasteiger partial charge in [-0.05, 0) is 36.9 Å². The van der Waals surface area contributed by atoms with Gasteiger partial charge in [0, 0.05) is 19.6 Å². The molecule has 2 N–H and O–H groups in total. The maximum atomic E-state index is 9.87. The molecule has 3 nitrogen and oxygen atoms in total. The summed E-state index contributed by atoms with van der Waals surface area (Å²) in [5.74, 6) is 0.634. The van der Waals surface area contributed by atoms with Crippen molar-refractivity contribution in [2.24, 2.45) is 5.92 Å². The predicted octanol–water partition coefficient (Wildman–Crippen LogP) is 3.05. The summed E-state index contributed by atoms with van der Waals surface area (Å²) < 4.78 is 0. The van der Waals surface area contributed by atoms with Crippen molar-refractivity contribution in [3.63, 3.8) is 0 Å². The molecule has 0 radical (unpaired) electrons. The fourth-order valence-corrected chi connectivity index (χ4v) is 3.02. The highest BCUT2D eigenvalue weighted by molar-refractivity contribution is 6.33. The van der Waals surface area contributed by atoms with Crippen LogP contribution >= 0.6 is 11.6 Å². The Bertz CT molecular complexity index is 436. The molecule has 0 aromatic heterocycles. The van der Waals surface area contributed by atoms with Gasteiger partial charge >= 0.3 is 0 Å². The Kier molecular flexibility index (Phi) is 5.70. The minimum absolute atomic E-state index is 0.239. The zero-order chi connectivity index (χ0) is 14.5. The average molecular weight is 297 g/mol. The third-order valence-corrected chi connectivity index (χ3v) is 3.96. The van der Waals surface area contributed by atoms with Gasteiger partial charge in [-0.3, -0.25) is 0 Å². The van der Waals surface area contributed by atoms with E-state index < -0.39 is 0 Å². The second-order valence-corrected chi connectivity index (χ2v) is 6.42. The van der Waals surface area contributed by atoms with Crippen LogP contribution in [0.1, 0.15) is 32.3 Å². The number of halogens is 1. The Morgan fingerprint density at radius 3 is 2.95 bits per heavy atom. The fraction of sp³-hybridized carbons (Fsp3) is 0.625. The molecule has 1 aliphatic heterocycles. The second-order valence-electron chi connectivity index (χ2n) is 6.01. The lowest BCUT2D eigenvalue weighted by molar-refractivity contribution is 0.154. The smallest absolute Gasteiger partial charge is 0.0715 e. The molecule has 0 spiro atoms. The summed E-state index contributed by atoms with van der Waals surface area (Å²) in [5.41, 5.74) is 2.30. The van der Waals surface area contributed by atoms with E-state index in [1.54, 1.807) is 0 Å². The highest BCUT2D eigenvalue weighted by Crippen LogP contribution is 2.32. The molecular weight excluding hydrogens is 272 g/mol. The third kappa shape index (κ3) is 4.11. The van der Waals surface area contributed by atoms with Crippen molar-refractivity contribution in [2.75, 3.05) is 24.5 Å². The zero-order valence-electron chi connectivity index (χ0n) is 12.4. The van der Waals surface area contributed by atoms with Crippen molar-refractivity contribution < 1.29 is 5.11 Å². The largest absolute Gasteiger partial charge is 0.391 e. The molecule has 2 rings (SSSR count). The maximum Gasteiger partial charge on any atom is 0.0715 e. The van der Waals surface area contributed by atoms with Crippen molar-refractivity contribution >= 4 is 17.3 Å². The quantitative estimate of drug-likeness (QED) is 0.877. The minimum atomic E-state index is -0.239. The van der Waals surface area contributed by atoms with E-state index >= 15 is 0 Å². The second kappa shape index (κ2) is 7.30. The number of aliphatic hydroxyl groups is 1. The van der Waals surface area contributed by atoms with E-state index in [4.69, 9.17) is 11.6 Å². The molecule has 1 aromatic carbocycles. The molecule has 20 heavy (non-hydrogen) atoms. The van der Waals surface area contributed by atoms with E-state index in [1.807, 2.05) is 12.1 Å². The number of para-hydroxylation sites is 1. The highest BCUT2D eigenvalue weighted by Gasteiger charge is 2.21. The molecule has 1 heterocycles. The van der Waals surface area contributed by atoms with Gasteiger partial charge in [0.25, 0.3) is 0 Å². The van der Waals surface area contributed by atoms with Gasteiger partial charge in [-0.1, -0.05) is 37.6 Å². The van der Waals surface area contributed by atoms with E-state index in [0.717, 1.165) is 43.2 Å². The molecule has 1 atom stereocenters. The molecule has 1 aliphatic rings. The third-order valence-electron chi connectivity index (χ3n) is 3.65. The molecule has 1 saturated heterocycles. The monoisotopic (exact) mass is 296 g/mol. The zero-order valence-corrected chi connectivity index (χ0v) is 13.2.